The first kappa shape index (κ1) is 20.2. The van der Waals surface area contributed by atoms with E-state index in [-0.39, 0.29) is 0 Å². The van der Waals surface area contributed by atoms with Gasteiger partial charge >= 0.3 is 6.09 Å². The lowest BCUT2D eigenvalue weighted by molar-refractivity contribution is 0.0394. The third-order valence-electron chi connectivity index (χ3n) is 4.02. The van der Waals surface area contributed by atoms with Crippen molar-refractivity contribution in [2.24, 2.45) is 0 Å². The Hall–Kier alpha value is -3.13. The normalized spacial score (nSPS) is 13.8. The molecule has 0 atom stereocenters. The number of ether oxygens (including phenoxy) is 3. The van der Waals surface area contributed by atoms with Crippen molar-refractivity contribution in [3.8, 4) is 28.7 Å². The van der Waals surface area contributed by atoms with Crippen molar-refractivity contribution in [3.05, 3.63) is 54.9 Å². The van der Waals surface area contributed by atoms with Crippen LogP contribution >= 0.6 is 11.9 Å². The molecule has 0 fully saturated rings. The molecule has 0 spiro atoms. The predicted molar refractivity (Wildman–Crippen MR) is 113 cm³/mol. The molecular weight excluding hydrogens is 404 g/mol. The molecule has 3 aromatic rings. The molecule has 2 aromatic carbocycles. The Morgan fingerprint density at radius 1 is 1.17 bits per heavy atom. The third-order valence-corrected chi connectivity index (χ3v) is 5.09. The summed E-state index contributed by atoms with van der Waals surface area (Å²) in [5.74, 6) is 2.50. The number of fused-ring (bicyclic) bond motifs is 1. The maximum atomic E-state index is 12.5. The average molecular weight is 426 g/mol. The van der Waals surface area contributed by atoms with Crippen LogP contribution in [0.25, 0.3) is 11.5 Å². The monoisotopic (exact) mass is 426 g/mol. The number of hydrogen-bond acceptors (Lipinski definition) is 7. The van der Waals surface area contributed by atoms with E-state index in [0.717, 1.165) is 10.5 Å². The van der Waals surface area contributed by atoms with Crippen LogP contribution in [0.1, 0.15) is 20.8 Å². The molecule has 4 rings (SSSR count). The molecule has 0 aliphatic carbocycles. The van der Waals surface area contributed by atoms with E-state index in [2.05, 4.69) is 4.98 Å². The number of nitrogens with zero attached hydrogens (tertiary/aromatic N) is 2. The van der Waals surface area contributed by atoms with Crippen LogP contribution in [0, 0.1) is 0 Å². The summed E-state index contributed by atoms with van der Waals surface area (Å²) in [4.78, 5) is 17.4. The van der Waals surface area contributed by atoms with Crippen molar-refractivity contribution < 1.29 is 23.4 Å². The highest BCUT2D eigenvalue weighted by Gasteiger charge is 2.26. The van der Waals surface area contributed by atoms with Gasteiger partial charge < -0.3 is 18.6 Å². The van der Waals surface area contributed by atoms with Gasteiger partial charge in [-0.2, -0.15) is 0 Å². The summed E-state index contributed by atoms with van der Waals surface area (Å²) in [6, 6.07) is 13.0. The average Bonchev–Trinajstić information content (AvgIpc) is 3.14. The van der Waals surface area contributed by atoms with E-state index in [1.807, 2.05) is 63.2 Å². The first-order valence-electron chi connectivity index (χ1n) is 9.50. The lowest BCUT2D eigenvalue weighted by Gasteiger charge is -2.25. The van der Waals surface area contributed by atoms with Gasteiger partial charge in [0.2, 0.25) is 5.89 Å². The van der Waals surface area contributed by atoms with Crippen LogP contribution in [-0.2, 0) is 4.74 Å². The van der Waals surface area contributed by atoms with E-state index in [1.165, 1.54) is 18.2 Å². The standard InChI is InChI=1S/C22H22N2O5S/c1-22(2,3)29-21(25)24-10-12-26-18-8-7-17(14-19(18)30-24)28-16-6-4-5-15(13-16)20-23-9-11-27-20/h4-9,11,13-14H,10,12H2,1-3H3. The highest BCUT2D eigenvalue weighted by molar-refractivity contribution is 7.97. The zero-order chi connectivity index (χ0) is 21.1. The predicted octanol–water partition coefficient (Wildman–Crippen LogP) is 5.77. The van der Waals surface area contributed by atoms with Crippen molar-refractivity contribution in [2.75, 3.05) is 13.2 Å². The molecule has 7 nitrogen and oxygen atoms in total. The highest BCUT2D eigenvalue weighted by Crippen LogP contribution is 2.38. The lowest BCUT2D eigenvalue weighted by Crippen LogP contribution is -2.34. The SMILES string of the molecule is CC(C)(C)OC(=O)N1CCOc2ccc(Oc3cccc(-c4ncco4)c3)cc2S1. The second-order valence-electron chi connectivity index (χ2n) is 7.60. The molecule has 30 heavy (non-hydrogen) atoms. The van der Waals surface area contributed by atoms with Crippen LogP contribution in [0.4, 0.5) is 4.79 Å². The fourth-order valence-electron chi connectivity index (χ4n) is 2.78. The fourth-order valence-corrected chi connectivity index (χ4v) is 3.68. The molecule has 156 valence electrons. The number of carbonyl (C=O) groups is 1. The minimum Gasteiger partial charge on any atom is -0.490 e. The first-order valence-corrected chi connectivity index (χ1v) is 10.3. The number of carbonyl (C=O) groups excluding carboxylic acids is 1. The smallest absolute Gasteiger partial charge is 0.420 e. The summed E-state index contributed by atoms with van der Waals surface area (Å²) in [6.45, 7) is 6.34. The molecule has 0 saturated heterocycles. The molecule has 8 heteroatoms. The summed E-state index contributed by atoms with van der Waals surface area (Å²) < 4.78 is 24.2. The van der Waals surface area contributed by atoms with Gasteiger partial charge in [0.15, 0.2) is 0 Å². The molecule has 0 bridgehead atoms. The van der Waals surface area contributed by atoms with Gasteiger partial charge in [-0.05, 0) is 69.1 Å². The zero-order valence-corrected chi connectivity index (χ0v) is 17.8. The van der Waals surface area contributed by atoms with Gasteiger partial charge in [0.05, 0.1) is 17.6 Å². The number of aromatic nitrogens is 1. The molecule has 2 heterocycles. The second kappa shape index (κ2) is 8.31. The Bertz CT molecular complexity index is 1030. The maximum Gasteiger partial charge on any atom is 0.420 e. The lowest BCUT2D eigenvalue weighted by atomic mass is 10.2. The molecule has 0 saturated carbocycles. The molecule has 1 aliphatic heterocycles. The van der Waals surface area contributed by atoms with Crippen molar-refractivity contribution >= 4 is 18.0 Å². The van der Waals surface area contributed by atoms with Gasteiger partial charge in [-0.3, -0.25) is 0 Å². The highest BCUT2D eigenvalue weighted by atomic mass is 32.2. The van der Waals surface area contributed by atoms with E-state index in [0.29, 0.717) is 36.3 Å². The van der Waals surface area contributed by atoms with E-state index < -0.39 is 11.7 Å². The van der Waals surface area contributed by atoms with Crippen molar-refractivity contribution in [1.29, 1.82) is 0 Å². The number of amides is 1. The quantitative estimate of drug-likeness (QED) is 0.492. The molecule has 1 aliphatic rings. The van der Waals surface area contributed by atoms with Gasteiger partial charge in [0.25, 0.3) is 0 Å². The third kappa shape index (κ3) is 4.88. The van der Waals surface area contributed by atoms with Crippen LogP contribution in [0.15, 0.2) is 64.2 Å². The summed E-state index contributed by atoms with van der Waals surface area (Å²) in [5, 5.41) is 0. The second-order valence-corrected chi connectivity index (χ2v) is 8.66. The van der Waals surface area contributed by atoms with Gasteiger partial charge in [-0.1, -0.05) is 6.07 Å². The van der Waals surface area contributed by atoms with Crippen molar-refractivity contribution in [3.63, 3.8) is 0 Å². The topological polar surface area (TPSA) is 74.0 Å². The van der Waals surface area contributed by atoms with E-state index in [9.17, 15) is 4.79 Å². The summed E-state index contributed by atoms with van der Waals surface area (Å²) in [6.07, 6.45) is 2.74. The Morgan fingerprint density at radius 3 is 2.77 bits per heavy atom. The number of hydrogen-bond donors (Lipinski definition) is 0. The van der Waals surface area contributed by atoms with Gasteiger partial charge in [-0.15, -0.1) is 0 Å². The summed E-state index contributed by atoms with van der Waals surface area (Å²) >= 11 is 1.28. The maximum absolute atomic E-state index is 12.5. The Kier molecular flexibility index (Phi) is 5.59. The van der Waals surface area contributed by atoms with Crippen LogP contribution in [-0.4, -0.2) is 34.1 Å². The molecule has 0 unspecified atom stereocenters. The molecule has 0 N–H and O–H groups in total. The van der Waals surface area contributed by atoms with Crippen molar-refractivity contribution in [2.45, 2.75) is 31.3 Å². The van der Waals surface area contributed by atoms with E-state index in [4.69, 9.17) is 18.6 Å². The first-order chi connectivity index (χ1) is 14.4. The number of oxazole rings is 1. The van der Waals surface area contributed by atoms with E-state index in [1.54, 1.807) is 10.5 Å². The Labute approximate surface area is 179 Å². The summed E-state index contributed by atoms with van der Waals surface area (Å²) in [5.41, 5.74) is 0.257. The minimum atomic E-state index is -0.563. The minimum absolute atomic E-state index is 0.387. The van der Waals surface area contributed by atoms with E-state index >= 15 is 0 Å². The van der Waals surface area contributed by atoms with Crippen LogP contribution in [0.3, 0.4) is 0 Å². The Morgan fingerprint density at radius 2 is 2.00 bits per heavy atom. The molecule has 0 radical (unpaired) electrons. The fraction of sp³-hybridized carbons (Fsp3) is 0.273. The number of benzene rings is 2. The van der Waals surface area contributed by atoms with Crippen LogP contribution in [0.5, 0.6) is 17.2 Å². The van der Waals surface area contributed by atoms with Gasteiger partial charge in [-0.25, -0.2) is 14.1 Å². The number of rotatable bonds is 3. The van der Waals surface area contributed by atoms with Crippen LogP contribution in [0.2, 0.25) is 0 Å². The van der Waals surface area contributed by atoms with Crippen LogP contribution < -0.4 is 9.47 Å². The largest absolute Gasteiger partial charge is 0.490 e. The molecular formula is C22H22N2O5S. The van der Waals surface area contributed by atoms with Gasteiger partial charge in [0.1, 0.15) is 35.7 Å². The molecule has 1 aromatic heterocycles. The molecule has 1 amide bonds. The zero-order valence-electron chi connectivity index (χ0n) is 17.0. The van der Waals surface area contributed by atoms with Gasteiger partial charge in [0, 0.05) is 5.56 Å². The van der Waals surface area contributed by atoms with Crippen molar-refractivity contribution in [1.82, 2.24) is 9.29 Å². The summed E-state index contributed by atoms with van der Waals surface area (Å²) in [7, 11) is 0. The Balaban J connectivity index is 1.52.